The fourth-order valence-electron chi connectivity index (χ4n) is 2.04. The molecule has 108 valence electrons. The summed E-state index contributed by atoms with van der Waals surface area (Å²) in [5, 5.41) is 27.0. The molecule has 0 saturated heterocycles. The molecule has 2 rings (SSSR count). The maximum Gasteiger partial charge on any atom is 0.312 e. The first-order chi connectivity index (χ1) is 9.93. The lowest BCUT2D eigenvalue weighted by atomic mass is 10.2. The highest BCUT2D eigenvalue weighted by molar-refractivity contribution is 5.58. The molecule has 0 aliphatic rings. The van der Waals surface area contributed by atoms with E-state index < -0.39 is 4.92 Å². The summed E-state index contributed by atoms with van der Waals surface area (Å²) in [6.45, 7) is 4.19. The largest absolute Gasteiger partial charge is 0.360 e. The van der Waals surface area contributed by atoms with Crippen LogP contribution in [0.4, 0.5) is 11.5 Å². The van der Waals surface area contributed by atoms with Gasteiger partial charge in [0.1, 0.15) is 6.07 Å². The number of nitrogens with zero attached hydrogens (tertiary/aromatic N) is 5. The fourth-order valence-corrected chi connectivity index (χ4v) is 2.04. The lowest BCUT2D eigenvalue weighted by Gasteiger charge is -2.07. The van der Waals surface area contributed by atoms with E-state index in [1.54, 1.807) is 4.68 Å². The minimum atomic E-state index is -0.556. The van der Waals surface area contributed by atoms with Gasteiger partial charge < -0.3 is 5.32 Å². The molecule has 8 heteroatoms. The summed E-state index contributed by atoms with van der Waals surface area (Å²) in [5.41, 5.74) is 2.75. The third-order valence-electron chi connectivity index (χ3n) is 3.28. The standard InChI is InChI=1S/C13H14N6O2/c1-8-11(9(2)18(3)17-8)7-16-13-12(19(20)21)4-10(5-14)6-15-13/h4,6H,7H2,1-3H3,(H,15,16). The number of aryl methyl sites for hydroxylation is 2. The molecule has 0 amide bonds. The van der Waals surface area contributed by atoms with Gasteiger partial charge in [0.05, 0.1) is 16.2 Å². The summed E-state index contributed by atoms with van der Waals surface area (Å²) in [6.07, 6.45) is 1.30. The van der Waals surface area contributed by atoms with Crippen LogP contribution in [-0.4, -0.2) is 19.7 Å². The van der Waals surface area contributed by atoms with E-state index in [0.717, 1.165) is 17.0 Å². The van der Waals surface area contributed by atoms with Gasteiger partial charge in [0.25, 0.3) is 0 Å². The first-order valence-electron chi connectivity index (χ1n) is 6.21. The highest BCUT2D eigenvalue weighted by Crippen LogP contribution is 2.24. The van der Waals surface area contributed by atoms with E-state index in [1.165, 1.54) is 12.3 Å². The zero-order valence-electron chi connectivity index (χ0n) is 11.9. The van der Waals surface area contributed by atoms with Crippen LogP contribution in [0.15, 0.2) is 12.3 Å². The van der Waals surface area contributed by atoms with Crippen LogP contribution in [0.3, 0.4) is 0 Å². The number of rotatable bonds is 4. The van der Waals surface area contributed by atoms with Crippen molar-refractivity contribution in [3.8, 4) is 6.07 Å². The predicted octanol–water partition coefficient (Wildman–Crippen LogP) is 1.82. The fraction of sp³-hybridized carbons (Fsp3) is 0.308. The Labute approximate surface area is 121 Å². The molecule has 2 aromatic heterocycles. The number of hydrogen-bond acceptors (Lipinski definition) is 6. The minimum Gasteiger partial charge on any atom is -0.360 e. The van der Waals surface area contributed by atoms with Crippen LogP contribution >= 0.6 is 0 Å². The molecule has 0 aliphatic heterocycles. The molecule has 0 aromatic carbocycles. The average molecular weight is 286 g/mol. The monoisotopic (exact) mass is 286 g/mol. The van der Waals surface area contributed by atoms with E-state index in [1.807, 2.05) is 27.0 Å². The van der Waals surface area contributed by atoms with Crippen molar-refractivity contribution < 1.29 is 4.92 Å². The van der Waals surface area contributed by atoms with Gasteiger partial charge in [-0.05, 0) is 13.8 Å². The highest BCUT2D eigenvalue weighted by Gasteiger charge is 2.17. The summed E-state index contributed by atoms with van der Waals surface area (Å²) >= 11 is 0. The quantitative estimate of drug-likeness (QED) is 0.678. The van der Waals surface area contributed by atoms with Gasteiger partial charge in [0.15, 0.2) is 0 Å². The van der Waals surface area contributed by atoms with Crippen molar-refractivity contribution in [1.82, 2.24) is 14.8 Å². The maximum absolute atomic E-state index is 11.0. The van der Waals surface area contributed by atoms with Crippen LogP contribution in [0.25, 0.3) is 0 Å². The van der Waals surface area contributed by atoms with Crippen molar-refractivity contribution in [2.75, 3.05) is 5.32 Å². The van der Waals surface area contributed by atoms with E-state index in [2.05, 4.69) is 15.4 Å². The Morgan fingerprint density at radius 1 is 1.52 bits per heavy atom. The predicted molar refractivity (Wildman–Crippen MR) is 75.6 cm³/mol. The van der Waals surface area contributed by atoms with Crippen molar-refractivity contribution in [3.63, 3.8) is 0 Å². The third kappa shape index (κ3) is 2.81. The minimum absolute atomic E-state index is 0.140. The second kappa shape index (κ2) is 5.58. The summed E-state index contributed by atoms with van der Waals surface area (Å²) < 4.78 is 1.76. The van der Waals surface area contributed by atoms with E-state index in [-0.39, 0.29) is 17.1 Å². The van der Waals surface area contributed by atoms with Gasteiger partial charge in [-0.2, -0.15) is 10.4 Å². The molecule has 0 fully saturated rings. The van der Waals surface area contributed by atoms with E-state index in [0.29, 0.717) is 6.54 Å². The molecule has 21 heavy (non-hydrogen) atoms. The molecule has 0 radical (unpaired) electrons. The molecule has 1 N–H and O–H groups in total. The van der Waals surface area contributed by atoms with Crippen LogP contribution in [0.5, 0.6) is 0 Å². The van der Waals surface area contributed by atoms with E-state index in [4.69, 9.17) is 5.26 Å². The molecular weight excluding hydrogens is 272 g/mol. The Kier molecular flexibility index (Phi) is 3.84. The number of hydrogen-bond donors (Lipinski definition) is 1. The summed E-state index contributed by atoms with van der Waals surface area (Å²) in [4.78, 5) is 14.4. The first kappa shape index (κ1) is 14.5. The molecule has 0 aliphatic carbocycles. The molecular formula is C13H14N6O2. The van der Waals surface area contributed by atoms with Gasteiger partial charge in [-0.1, -0.05) is 0 Å². The average Bonchev–Trinajstić information content (AvgIpc) is 2.70. The molecule has 0 spiro atoms. The second-order valence-electron chi connectivity index (χ2n) is 4.59. The van der Waals surface area contributed by atoms with E-state index >= 15 is 0 Å². The van der Waals surface area contributed by atoms with Gasteiger partial charge in [0, 0.05) is 37.1 Å². The molecule has 2 heterocycles. The normalized spacial score (nSPS) is 10.2. The summed E-state index contributed by atoms with van der Waals surface area (Å²) in [5.74, 6) is 0.140. The van der Waals surface area contributed by atoms with E-state index in [9.17, 15) is 10.1 Å². The molecule has 0 saturated carbocycles. The third-order valence-corrected chi connectivity index (χ3v) is 3.28. The number of pyridine rings is 1. The molecule has 2 aromatic rings. The number of anilines is 1. The van der Waals surface area contributed by atoms with Gasteiger partial charge >= 0.3 is 5.69 Å². The number of aromatic nitrogens is 3. The zero-order chi connectivity index (χ0) is 15.6. The molecule has 8 nitrogen and oxygen atoms in total. The second-order valence-corrected chi connectivity index (χ2v) is 4.59. The van der Waals surface area contributed by atoms with Gasteiger partial charge in [-0.15, -0.1) is 0 Å². The Balaban J connectivity index is 2.28. The van der Waals surface area contributed by atoms with Crippen LogP contribution in [-0.2, 0) is 13.6 Å². The highest BCUT2D eigenvalue weighted by atomic mass is 16.6. The van der Waals surface area contributed by atoms with Crippen LogP contribution in [0.1, 0.15) is 22.5 Å². The van der Waals surface area contributed by atoms with Crippen LogP contribution in [0.2, 0.25) is 0 Å². The van der Waals surface area contributed by atoms with Crippen molar-refractivity contribution in [1.29, 1.82) is 5.26 Å². The lowest BCUT2D eigenvalue weighted by Crippen LogP contribution is -2.06. The van der Waals surface area contributed by atoms with Gasteiger partial charge in [-0.3, -0.25) is 14.8 Å². The smallest absolute Gasteiger partial charge is 0.312 e. The van der Waals surface area contributed by atoms with Gasteiger partial charge in [-0.25, -0.2) is 4.98 Å². The van der Waals surface area contributed by atoms with Crippen molar-refractivity contribution in [3.05, 3.63) is 44.9 Å². The molecule has 0 bridgehead atoms. The number of nitrogens with one attached hydrogen (secondary N) is 1. The Hall–Kier alpha value is -2.95. The molecule has 0 atom stereocenters. The Bertz CT molecular complexity index is 744. The summed E-state index contributed by atoms with van der Waals surface area (Å²) in [6, 6.07) is 3.04. The van der Waals surface area contributed by atoms with Crippen molar-refractivity contribution in [2.24, 2.45) is 7.05 Å². The van der Waals surface area contributed by atoms with Gasteiger partial charge in [0.2, 0.25) is 5.82 Å². The van der Waals surface area contributed by atoms with Crippen LogP contribution in [0, 0.1) is 35.3 Å². The number of nitriles is 1. The lowest BCUT2D eigenvalue weighted by molar-refractivity contribution is -0.384. The summed E-state index contributed by atoms with van der Waals surface area (Å²) in [7, 11) is 1.84. The maximum atomic E-state index is 11.0. The van der Waals surface area contributed by atoms with Crippen molar-refractivity contribution >= 4 is 11.5 Å². The number of nitro groups is 1. The molecule has 0 unspecified atom stereocenters. The Morgan fingerprint density at radius 3 is 2.76 bits per heavy atom. The first-order valence-corrected chi connectivity index (χ1v) is 6.21. The van der Waals surface area contributed by atoms with Crippen LogP contribution < -0.4 is 5.32 Å². The van der Waals surface area contributed by atoms with Crippen molar-refractivity contribution in [2.45, 2.75) is 20.4 Å². The SMILES string of the molecule is Cc1nn(C)c(C)c1CNc1ncc(C#N)cc1[N+](=O)[O-]. The zero-order valence-corrected chi connectivity index (χ0v) is 11.9. The topological polar surface area (TPSA) is 110 Å². The Morgan fingerprint density at radius 2 is 2.24 bits per heavy atom.